The van der Waals surface area contributed by atoms with Crippen molar-refractivity contribution in [2.24, 2.45) is 0 Å². The molecular weight excluding hydrogens is 290 g/mol. The molecule has 6 heteroatoms. The van der Waals surface area contributed by atoms with E-state index in [-0.39, 0.29) is 11.5 Å². The van der Waals surface area contributed by atoms with E-state index < -0.39 is 0 Å². The molecule has 0 spiro atoms. The van der Waals surface area contributed by atoms with Gasteiger partial charge in [-0.05, 0) is 24.0 Å². The van der Waals surface area contributed by atoms with E-state index in [0.717, 1.165) is 39.0 Å². The number of H-pyrrole nitrogens is 1. The van der Waals surface area contributed by atoms with Crippen molar-refractivity contribution in [2.75, 3.05) is 36.8 Å². The van der Waals surface area contributed by atoms with Gasteiger partial charge >= 0.3 is 0 Å². The number of anilines is 2. The number of hydrogen-bond acceptors (Lipinski definition) is 5. The number of rotatable bonds is 2. The summed E-state index contributed by atoms with van der Waals surface area (Å²) in [5.41, 5.74) is 8.42. The Hall–Kier alpha value is -2.34. The van der Waals surface area contributed by atoms with Crippen molar-refractivity contribution in [3.05, 3.63) is 51.8 Å². The average molecular weight is 311 g/mol. The van der Waals surface area contributed by atoms with Gasteiger partial charge < -0.3 is 10.6 Å². The Bertz CT molecular complexity index is 739. The smallest absolute Gasteiger partial charge is 0.254 e. The number of aromatic nitrogens is 2. The number of hydrogen-bond donors (Lipinski definition) is 2. The quantitative estimate of drug-likeness (QED) is 0.851. The van der Waals surface area contributed by atoms with E-state index in [2.05, 4.69) is 44.0 Å². The molecule has 0 atom stereocenters. The van der Waals surface area contributed by atoms with Gasteiger partial charge in [0.1, 0.15) is 5.82 Å². The summed E-state index contributed by atoms with van der Waals surface area (Å²) in [7, 11) is 0. The SMILES string of the molecule is Nc1nc(N2CCN(C3Cc4ccccc4C3)CC2)cc(=O)[nH]1. The fourth-order valence-electron chi connectivity index (χ4n) is 3.74. The van der Waals surface area contributed by atoms with Crippen LogP contribution in [-0.4, -0.2) is 47.1 Å². The lowest BCUT2D eigenvalue weighted by Gasteiger charge is -2.38. The molecule has 23 heavy (non-hydrogen) atoms. The Morgan fingerprint density at radius 3 is 2.35 bits per heavy atom. The second kappa shape index (κ2) is 5.70. The summed E-state index contributed by atoms with van der Waals surface area (Å²) in [4.78, 5) is 23.0. The standard InChI is InChI=1S/C17H21N5O/c18-17-19-15(11-16(23)20-17)22-7-5-21(6-8-22)14-9-12-3-1-2-4-13(12)10-14/h1-4,11,14H,5-10H2,(H3,18,19,20,23). The molecule has 4 rings (SSSR count). The molecule has 1 aliphatic heterocycles. The second-order valence-electron chi connectivity index (χ2n) is 6.34. The van der Waals surface area contributed by atoms with Crippen LogP contribution in [0.5, 0.6) is 0 Å². The number of aromatic amines is 1. The molecule has 2 aliphatic rings. The maximum Gasteiger partial charge on any atom is 0.254 e. The van der Waals surface area contributed by atoms with Crippen molar-refractivity contribution >= 4 is 11.8 Å². The molecule has 1 fully saturated rings. The van der Waals surface area contributed by atoms with Crippen molar-refractivity contribution in [2.45, 2.75) is 18.9 Å². The van der Waals surface area contributed by atoms with Crippen LogP contribution in [0.4, 0.5) is 11.8 Å². The Morgan fingerprint density at radius 2 is 1.74 bits per heavy atom. The highest BCUT2D eigenvalue weighted by Gasteiger charge is 2.29. The lowest BCUT2D eigenvalue weighted by molar-refractivity contribution is 0.190. The number of fused-ring (bicyclic) bond motifs is 1. The van der Waals surface area contributed by atoms with Gasteiger partial charge in [0.2, 0.25) is 5.95 Å². The number of nitrogens with two attached hydrogens (primary N) is 1. The third kappa shape index (κ3) is 2.82. The fourth-order valence-corrected chi connectivity index (χ4v) is 3.74. The summed E-state index contributed by atoms with van der Waals surface area (Å²) in [6.45, 7) is 3.74. The third-order valence-electron chi connectivity index (χ3n) is 4.93. The summed E-state index contributed by atoms with van der Waals surface area (Å²) in [6.07, 6.45) is 2.29. The summed E-state index contributed by atoms with van der Waals surface area (Å²) in [6, 6.07) is 10.9. The van der Waals surface area contributed by atoms with Crippen LogP contribution in [0, 0.1) is 0 Å². The van der Waals surface area contributed by atoms with Crippen LogP contribution in [0.3, 0.4) is 0 Å². The van der Waals surface area contributed by atoms with Crippen LogP contribution in [0.2, 0.25) is 0 Å². The molecule has 0 bridgehead atoms. The third-order valence-corrected chi connectivity index (χ3v) is 4.93. The normalized spacial score (nSPS) is 19.0. The number of benzene rings is 1. The first-order valence-electron chi connectivity index (χ1n) is 8.12. The van der Waals surface area contributed by atoms with Crippen LogP contribution in [-0.2, 0) is 12.8 Å². The molecule has 1 aromatic carbocycles. The van der Waals surface area contributed by atoms with E-state index in [0.29, 0.717) is 11.9 Å². The first-order chi connectivity index (χ1) is 11.2. The predicted molar refractivity (Wildman–Crippen MR) is 90.7 cm³/mol. The van der Waals surface area contributed by atoms with Gasteiger partial charge in [0.05, 0.1) is 0 Å². The Labute approximate surface area is 134 Å². The van der Waals surface area contributed by atoms with Crippen LogP contribution in [0.1, 0.15) is 11.1 Å². The molecule has 3 N–H and O–H groups in total. The average Bonchev–Trinajstić information content (AvgIpc) is 2.98. The van der Waals surface area contributed by atoms with Gasteiger partial charge in [-0.1, -0.05) is 24.3 Å². The molecule has 0 amide bonds. The number of nitrogens with one attached hydrogen (secondary N) is 1. The molecule has 0 unspecified atom stereocenters. The lowest BCUT2D eigenvalue weighted by atomic mass is 10.1. The minimum Gasteiger partial charge on any atom is -0.369 e. The highest BCUT2D eigenvalue weighted by Crippen LogP contribution is 2.26. The molecule has 1 aromatic heterocycles. The number of nitrogens with zero attached hydrogens (tertiary/aromatic N) is 3. The van der Waals surface area contributed by atoms with Crippen molar-refractivity contribution in [3.63, 3.8) is 0 Å². The minimum atomic E-state index is -0.193. The van der Waals surface area contributed by atoms with Crippen LogP contribution >= 0.6 is 0 Å². The summed E-state index contributed by atoms with van der Waals surface area (Å²) < 4.78 is 0. The van der Waals surface area contributed by atoms with Gasteiger partial charge in [-0.3, -0.25) is 14.7 Å². The summed E-state index contributed by atoms with van der Waals surface area (Å²) >= 11 is 0. The van der Waals surface area contributed by atoms with Crippen LogP contribution in [0.15, 0.2) is 35.1 Å². The highest BCUT2D eigenvalue weighted by molar-refractivity contribution is 5.41. The molecule has 1 aliphatic carbocycles. The van der Waals surface area contributed by atoms with E-state index in [1.165, 1.54) is 17.2 Å². The zero-order chi connectivity index (χ0) is 15.8. The zero-order valence-corrected chi connectivity index (χ0v) is 13.0. The monoisotopic (exact) mass is 311 g/mol. The van der Waals surface area contributed by atoms with Crippen LogP contribution in [0.25, 0.3) is 0 Å². The van der Waals surface area contributed by atoms with Gasteiger partial charge in [-0.15, -0.1) is 0 Å². The van der Waals surface area contributed by atoms with Crippen molar-refractivity contribution in [1.29, 1.82) is 0 Å². The lowest BCUT2D eigenvalue weighted by Crippen LogP contribution is -2.51. The van der Waals surface area contributed by atoms with Gasteiger partial charge in [-0.2, -0.15) is 4.98 Å². The minimum absolute atomic E-state index is 0.182. The Kier molecular flexibility index (Phi) is 3.53. The zero-order valence-electron chi connectivity index (χ0n) is 13.0. The summed E-state index contributed by atoms with van der Waals surface area (Å²) in [5.74, 6) is 0.863. The van der Waals surface area contributed by atoms with Crippen molar-refractivity contribution in [1.82, 2.24) is 14.9 Å². The predicted octanol–water partition coefficient (Wildman–Crippen LogP) is 0.641. The molecule has 2 heterocycles. The maximum atomic E-state index is 11.5. The van der Waals surface area contributed by atoms with Gasteiger partial charge in [0.25, 0.3) is 5.56 Å². The largest absolute Gasteiger partial charge is 0.369 e. The fraction of sp³-hybridized carbons (Fsp3) is 0.412. The van der Waals surface area contributed by atoms with E-state index in [1.54, 1.807) is 0 Å². The molecule has 120 valence electrons. The van der Waals surface area contributed by atoms with Crippen molar-refractivity contribution in [3.8, 4) is 0 Å². The van der Waals surface area contributed by atoms with Gasteiger partial charge in [-0.25, -0.2) is 0 Å². The molecule has 1 saturated heterocycles. The second-order valence-corrected chi connectivity index (χ2v) is 6.34. The maximum absolute atomic E-state index is 11.5. The van der Waals surface area contributed by atoms with Crippen LogP contribution < -0.4 is 16.2 Å². The first kappa shape index (κ1) is 14.3. The first-order valence-corrected chi connectivity index (χ1v) is 8.12. The molecule has 2 aromatic rings. The van der Waals surface area contributed by atoms with E-state index in [4.69, 9.17) is 5.73 Å². The molecule has 0 saturated carbocycles. The topological polar surface area (TPSA) is 78.2 Å². The number of piperazine rings is 1. The van der Waals surface area contributed by atoms with E-state index in [1.807, 2.05) is 0 Å². The van der Waals surface area contributed by atoms with Gasteiger partial charge in [0.15, 0.2) is 0 Å². The molecular formula is C17H21N5O. The van der Waals surface area contributed by atoms with E-state index >= 15 is 0 Å². The highest BCUT2D eigenvalue weighted by atomic mass is 16.1. The Balaban J connectivity index is 1.41. The number of nitrogen functional groups attached to an aromatic ring is 1. The van der Waals surface area contributed by atoms with Crippen molar-refractivity contribution < 1.29 is 0 Å². The van der Waals surface area contributed by atoms with Gasteiger partial charge in [0, 0.05) is 38.3 Å². The summed E-state index contributed by atoms with van der Waals surface area (Å²) in [5, 5.41) is 0. The molecule has 6 nitrogen and oxygen atoms in total. The Morgan fingerprint density at radius 1 is 1.09 bits per heavy atom. The van der Waals surface area contributed by atoms with E-state index in [9.17, 15) is 4.79 Å². The molecule has 0 radical (unpaired) electrons.